The summed E-state index contributed by atoms with van der Waals surface area (Å²) >= 11 is 0. The first-order valence-corrected chi connectivity index (χ1v) is 4.01. The van der Waals surface area contributed by atoms with Crippen LogP contribution in [-0.2, 0) is 0 Å². The first-order valence-electron chi connectivity index (χ1n) is 4.01. The van der Waals surface area contributed by atoms with Crippen molar-refractivity contribution in [2.45, 2.75) is 12.7 Å². The van der Waals surface area contributed by atoms with Crippen LogP contribution in [0.15, 0.2) is 24.3 Å². The number of fused-ring (bicyclic) bond motifs is 1. The van der Waals surface area contributed by atoms with Gasteiger partial charge in [0.25, 0.3) is 0 Å². The molecule has 0 radical (unpaired) electrons. The lowest BCUT2D eigenvalue weighted by molar-refractivity contribution is 0.548. The third kappa shape index (κ3) is 0.865. The van der Waals surface area contributed by atoms with Crippen LogP contribution in [0.5, 0.6) is 0 Å². The number of nitrogens with one attached hydrogen (secondary N) is 1. The molecule has 1 unspecified atom stereocenters. The van der Waals surface area contributed by atoms with Gasteiger partial charge in [0, 0.05) is 7.05 Å². The number of hydrogen-bond donors (Lipinski definition) is 2. The van der Waals surface area contributed by atoms with Crippen molar-refractivity contribution in [1.29, 1.82) is 0 Å². The Balaban J connectivity index is 2.49. The van der Waals surface area contributed by atoms with E-state index in [0.717, 1.165) is 11.4 Å². The number of benzene rings is 1. The highest BCUT2D eigenvalue weighted by atomic mass is 15.4. The summed E-state index contributed by atoms with van der Waals surface area (Å²) in [6.45, 7) is 1.95. The highest BCUT2D eigenvalue weighted by Gasteiger charge is 2.32. The monoisotopic (exact) mass is 163 g/mol. The second-order valence-corrected chi connectivity index (χ2v) is 3.35. The molecule has 0 aliphatic carbocycles. The van der Waals surface area contributed by atoms with Gasteiger partial charge in [-0.1, -0.05) is 12.1 Å². The normalized spacial score (nSPS) is 26.8. The maximum atomic E-state index is 5.99. The smallest absolute Gasteiger partial charge is 0.161 e. The molecule has 3 nitrogen and oxygen atoms in total. The third-order valence-electron chi connectivity index (χ3n) is 2.35. The second-order valence-electron chi connectivity index (χ2n) is 3.35. The molecular weight excluding hydrogens is 150 g/mol. The zero-order valence-electron chi connectivity index (χ0n) is 7.33. The van der Waals surface area contributed by atoms with Gasteiger partial charge >= 0.3 is 0 Å². The van der Waals surface area contributed by atoms with Crippen molar-refractivity contribution < 1.29 is 0 Å². The van der Waals surface area contributed by atoms with Crippen LogP contribution in [0.4, 0.5) is 11.4 Å². The minimum atomic E-state index is -0.455. The van der Waals surface area contributed by atoms with Crippen molar-refractivity contribution in [2.75, 3.05) is 17.3 Å². The Bertz CT molecular complexity index is 306. The van der Waals surface area contributed by atoms with Crippen LogP contribution in [-0.4, -0.2) is 12.8 Å². The quantitative estimate of drug-likeness (QED) is 0.603. The number of para-hydroxylation sites is 2. The number of rotatable bonds is 0. The van der Waals surface area contributed by atoms with Crippen LogP contribution in [0, 0.1) is 0 Å². The van der Waals surface area contributed by atoms with Crippen LogP contribution < -0.4 is 16.0 Å². The Morgan fingerprint density at radius 3 is 2.75 bits per heavy atom. The van der Waals surface area contributed by atoms with Crippen molar-refractivity contribution in [2.24, 2.45) is 5.73 Å². The van der Waals surface area contributed by atoms with Gasteiger partial charge in [-0.2, -0.15) is 0 Å². The predicted molar refractivity (Wildman–Crippen MR) is 51.1 cm³/mol. The molecule has 0 bridgehead atoms. The molecule has 3 N–H and O–H groups in total. The molecule has 0 spiro atoms. The summed E-state index contributed by atoms with van der Waals surface area (Å²) in [4.78, 5) is 2.03. The lowest BCUT2D eigenvalue weighted by Crippen LogP contribution is -2.54. The number of hydrogen-bond acceptors (Lipinski definition) is 3. The van der Waals surface area contributed by atoms with E-state index in [1.54, 1.807) is 0 Å². The molecule has 0 fully saturated rings. The van der Waals surface area contributed by atoms with Gasteiger partial charge in [0.1, 0.15) is 0 Å². The zero-order valence-corrected chi connectivity index (χ0v) is 7.33. The largest absolute Gasteiger partial charge is 0.349 e. The van der Waals surface area contributed by atoms with Crippen molar-refractivity contribution in [3.8, 4) is 0 Å². The standard InChI is InChI=1S/C9H13N3/c1-9(10)11-7-5-3-4-6-8(7)12(9)2/h3-6,11H,10H2,1-2H3. The van der Waals surface area contributed by atoms with E-state index in [4.69, 9.17) is 5.73 Å². The average molecular weight is 163 g/mol. The molecule has 1 aliphatic heterocycles. The fraction of sp³-hybridized carbons (Fsp3) is 0.333. The van der Waals surface area contributed by atoms with Crippen LogP contribution in [0.3, 0.4) is 0 Å². The van der Waals surface area contributed by atoms with Gasteiger partial charge in [-0.3, -0.25) is 5.73 Å². The van der Waals surface area contributed by atoms with Gasteiger partial charge in [0.2, 0.25) is 0 Å². The summed E-state index contributed by atoms with van der Waals surface area (Å²) in [5.41, 5.74) is 8.24. The molecule has 12 heavy (non-hydrogen) atoms. The minimum absolute atomic E-state index is 0.455. The Hall–Kier alpha value is -1.22. The highest BCUT2D eigenvalue weighted by molar-refractivity contribution is 5.76. The molecule has 0 saturated heterocycles. The molecule has 1 aromatic rings. The predicted octanol–water partition coefficient (Wildman–Crippen LogP) is 1.18. The molecule has 1 atom stereocenters. The van der Waals surface area contributed by atoms with Gasteiger partial charge in [0.05, 0.1) is 11.4 Å². The number of nitrogens with zero attached hydrogens (tertiary/aromatic N) is 1. The van der Waals surface area contributed by atoms with Gasteiger partial charge in [-0.15, -0.1) is 0 Å². The van der Waals surface area contributed by atoms with E-state index in [0.29, 0.717) is 0 Å². The topological polar surface area (TPSA) is 41.3 Å². The number of nitrogens with two attached hydrogens (primary N) is 1. The highest BCUT2D eigenvalue weighted by Crippen LogP contribution is 2.35. The van der Waals surface area contributed by atoms with Gasteiger partial charge in [-0.25, -0.2) is 0 Å². The Morgan fingerprint density at radius 2 is 2.08 bits per heavy atom. The van der Waals surface area contributed by atoms with Gasteiger partial charge in [-0.05, 0) is 19.1 Å². The molecule has 0 aromatic heterocycles. The van der Waals surface area contributed by atoms with E-state index in [-0.39, 0.29) is 0 Å². The summed E-state index contributed by atoms with van der Waals surface area (Å²) in [5, 5.41) is 3.23. The first-order chi connectivity index (χ1) is 5.61. The maximum Gasteiger partial charge on any atom is 0.161 e. The molecular formula is C9H13N3. The van der Waals surface area contributed by atoms with Crippen LogP contribution in [0.2, 0.25) is 0 Å². The number of anilines is 2. The molecule has 64 valence electrons. The molecule has 3 heteroatoms. The zero-order chi connectivity index (χ0) is 8.77. The average Bonchev–Trinajstić information content (AvgIpc) is 2.24. The molecule has 1 aromatic carbocycles. The van der Waals surface area contributed by atoms with E-state index in [1.165, 1.54) is 0 Å². The van der Waals surface area contributed by atoms with Crippen molar-refractivity contribution >= 4 is 11.4 Å². The molecule has 1 aliphatic rings. The van der Waals surface area contributed by atoms with E-state index in [9.17, 15) is 0 Å². The van der Waals surface area contributed by atoms with E-state index in [2.05, 4.69) is 11.4 Å². The van der Waals surface area contributed by atoms with Crippen molar-refractivity contribution in [3.63, 3.8) is 0 Å². The van der Waals surface area contributed by atoms with E-state index in [1.807, 2.05) is 37.1 Å². The minimum Gasteiger partial charge on any atom is -0.349 e. The Morgan fingerprint density at radius 1 is 1.42 bits per heavy atom. The van der Waals surface area contributed by atoms with Gasteiger partial charge in [0.15, 0.2) is 5.79 Å². The van der Waals surface area contributed by atoms with E-state index >= 15 is 0 Å². The molecule has 0 saturated carbocycles. The van der Waals surface area contributed by atoms with Crippen LogP contribution >= 0.6 is 0 Å². The lowest BCUT2D eigenvalue weighted by Gasteiger charge is -2.29. The molecule has 2 rings (SSSR count). The summed E-state index contributed by atoms with van der Waals surface area (Å²) in [6, 6.07) is 8.10. The molecule has 1 heterocycles. The summed E-state index contributed by atoms with van der Waals surface area (Å²) < 4.78 is 0. The summed E-state index contributed by atoms with van der Waals surface area (Å²) in [6.07, 6.45) is 0. The van der Waals surface area contributed by atoms with Crippen LogP contribution in [0.1, 0.15) is 6.92 Å². The maximum absolute atomic E-state index is 5.99. The van der Waals surface area contributed by atoms with Crippen LogP contribution in [0.25, 0.3) is 0 Å². The second kappa shape index (κ2) is 2.14. The Labute approximate surface area is 72.2 Å². The van der Waals surface area contributed by atoms with Crippen molar-refractivity contribution in [1.82, 2.24) is 0 Å². The third-order valence-corrected chi connectivity index (χ3v) is 2.35. The first kappa shape index (κ1) is 7.43. The Kier molecular flexibility index (Phi) is 1.32. The summed E-state index contributed by atoms with van der Waals surface area (Å²) in [7, 11) is 1.98. The fourth-order valence-corrected chi connectivity index (χ4v) is 1.48. The fourth-order valence-electron chi connectivity index (χ4n) is 1.48. The van der Waals surface area contributed by atoms with Gasteiger partial charge < -0.3 is 10.2 Å². The SMILES string of the molecule is CN1c2ccccc2NC1(C)N. The lowest BCUT2D eigenvalue weighted by atomic mass is 10.3. The summed E-state index contributed by atoms with van der Waals surface area (Å²) in [5.74, 6) is -0.455. The van der Waals surface area contributed by atoms with Crippen molar-refractivity contribution in [3.05, 3.63) is 24.3 Å². The van der Waals surface area contributed by atoms with E-state index < -0.39 is 5.79 Å². The molecule has 0 amide bonds.